The topological polar surface area (TPSA) is 106 Å². The lowest BCUT2D eigenvalue weighted by Crippen LogP contribution is -2.39. The number of nitrogens with one attached hydrogen (secondary N) is 1. The van der Waals surface area contributed by atoms with Crippen LogP contribution in [-0.2, 0) is 32.9 Å². The van der Waals surface area contributed by atoms with Gasteiger partial charge in [-0.3, -0.25) is 0 Å². The summed E-state index contributed by atoms with van der Waals surface area (Å²) in [7, 11) is -7.07. The van der Waals surface area contributed by atoms with Crippen molar-refractivity contribution >= 4 is 20.0 Å². The van der Waals surface area contributed by atoms with Crippen LogP contribution in [0.15, 0.2) is 47.4 Å². The van der Waals surface area contributed by atoms with E-state index in [1.807, 2.05) is 24.3 Å². The van der Waals surface area contributed by atoms with Gasteiger partial charge in [-0.25, -0.2) is 26.7 Å². The maximum atomic E-state index is 12.1. The van der Waals surface area contributed by atoms with E-state index < -0.39 is 25.3 Å². The van der Waals surface area contributed by atoms with E-state index >= 15 is 0 Å². The molecule has 1 atom stereocenters. The van der Waals surface area contributed by atoms with Gasteiger partial charge in [-0.15, -0.1) is 0 Å². The van der Waals surface area contributed by atoms with Gasteiger partial charge < -0.3 is 0 Å². The van der Waals surface area contributed by atoms with Gasteiger partial charge in [0.15, 0.2) is 0 Å². The fourth-order valence-electron chi connectivity index (χ4n) is 3.10. The first-order valence-corrected chi connectivity index (χ1v) is 11.4. The molecule has 1 unspecified atom stereocenters. The van der Waals surface area contributed by atoms with Gasteiger partial charge in [-0.05, 0) is 61.1 Å². The Bertz CT molecular complexity index is 1040. The van der Waals surface area contributed by atoms with Gasteiger partial charge in [0.1, 0.15) is 0 Å². The highest BCUT2D eigenvalue weighted by molar-refractivity contribution is 7.90. The van der Waals surface area contributed by atoms with E-state index in [4.69, 9.17) is 5.14 Å². The van der Waals surface area contributed by atoms with Crippen LogP contribution in [0.25, 0.3) is 11.1 Å². The lowest BCUT2D eigenvalue weighted by Gasteiger charge is -2.14. The predicted octanol–water partition coefficient (Wildman–Crippen LogP) is 1.80. The number of hydrogen-bond donors (Lipinski definition) is 2. The molecule has 6 nitrogen and oxygen atoms in total. The van der Waals surface area contributed by atoms with Crippen LogP contribution < -0.4 is 9.86 Å². The minimum atomic E-state index is -3.76. The summed E-state index contributed by atoms with van der Waals surface area (Å²) in [6.45, 7) is 3.31. The van der Waals surface area contributed by atoms with Crippen LogP contribution >= 0.6 is 0 Å². The molecule has 0 saturated carbocycles. The monoisotopic (exact) mass is 394 g/mol. The molecule has 0 spiro atoms. The molecule has 8 heteroatoms. The Labute approximate surface area is 154 Å². The van der Waals surface area contributed by atoms with Crippen molar-refractivity contribution in [3.05, 3.63) is 53.6 Å². The molecule has 1 aliphatic rings. The van der Waals surface area contributed by atoms with Crippen LogP contribution in [0.1, 0.15) is 25.0 Å². The predicted molar refractivity (Wildman–Crippen MR) is 102 cm³/mol. The van der Waals surface area contributed by atoms with E-state index in [0.717, 1.165) is 22.3 Å². The third-order valence-electron chi connectivity index (χ3n) is 4.59. The molecule has 0 aliphatic heterocycles. The summed E-state index contributed by atoms with van der Waals surface area (Å²) in [6, 6.07) is 12.2. The molecule has 0 amide bonds. The molecule has 1 aliphatic carbocycles. The highest BCUT2D eigenvalue weighted by atomic mass is 32.2. The highest BCUT2D eigenvalue weighted by Gasteiger charge is 2.27. The second-order valence-corrected chi connectivity index (χ2v) is 10.7. The Morgan fingerprint density at radius 3 is 2.27 bits per heavy atom. The first-order chi connectivity index (χ1) is 12.1. The second kappa shape index (κ2) is 6.77. The van der Waals surface area contributed by atoms with Gasteiger partial charge >= 0.3 is 0 Å². The molecule has 0 fully saturated rings. The zero-order valence-electron chi connectivity index (χ0n) is 14.6. The van der Waals surface area contributed by atoms with Gasteiger partial charge in [0.05, 0.1) is 10.1 Å². The third kappa shape index (κ3) is 3.98. The highest BCUT2D eigenvalue weighted by Crippen LogP contribution is 2.29. The fraction of sp³-hybridized carbons (Fsp3) is 0.333. The van der Waals surface area contributed by atoms with E-state index in [1.165, 1.54) is 6.07 Å². The van der Waals surface area contributed by atoms with Gasteiger partial charge in [0, 0.05) is 6.04 Å². The third-order valence-corrected chi connectivity index (χ3v) is 7.40. The normalized spacial score (nSPS) is 17.5. The van der Waals surface area contributed by atoms with Gasteiger partial charge in [-0.1, -0.05) is 30.3 Å². The SMILES string of the molecule is CC(C)S(=O)(=O)NC1Cc2ccc(-c3cccc(S(N)(=O)=O)c3)cc2C1. The molecule has 0 saturated heterocycles. The molecule has 3 N–H and O–H groups in total. The van der Waals surface area contributed by atoms with Crippen molar-refractivity contribution in [1.29, 1.82) is 0 Å². The first-order valence-electron chi connectivity index (χ1n) is 8.32. The molecule has 0 heterocycles. The van der Waals surface area contributed by atoms with Crippen LogP contribution in [-0.4, -0.2) is 28.1 Å². The Hall–Kier alpha value is -1.74. The van der Waals surface area contributed by atoms with Gasteiger partial charge in [-0.2, -0.15) is 0 Å². The molecule has 0 radical (unpaired) electrons. The summed E-state index contributed by atoms with van der Waals surface area (Å²) < 4.78 is 50.0. The van der Waals surface area contributed by atoms with Crippen molar-refractivity contribution in [2.45, 2.75) is 42.9 Å². The number of hydrogen-bond acceptors (Lipinski definition) is 4. The summed E-state index contributed by atoms with van der Waals surface area (Å²) in [5.74, 6) is 0. The fourth-order valence-corrected chi connectivity index (χ4v) is 4.57. The van der Waals surface area contributed by atoms with Crippen LogP contribution in [0.4, 0.5) is 0 Å². The molecule has 2 aromatic carbocycles. The Kier molecular flexibility index (Phi) is 4.96. The van der Waals surface area contributed by atoms with E-state index in [2.05, 4.69) is 4.72 Å². The zero-order valence-corrected chi connectivity index (χ0v) is 16.3. The van der Waals surface area contributed by atoms with E-state index in [1.54, 1.807) is 26.0 Å². The van der Waals surface area contributed by atoms with E-state index in [9.17, 15) is 16.8 Å². The molecular weight excluding hydrogens is 372 g/mol. The lowest BCUT2D eigenvalue weighted by atomic mass is 10.0. The van der Waals surface area contributed by atoms with E-state index in [0.29, 0.717) is 12.8 Å². The second-order valence-electron chi connectivity index (χ2n) is 6.87. The van der Waals surface area contributed by atoms with Crippen molar-refractivity contribution in [3.8, 4) is 11.1 Å². The average Bonchev–Trinajstić information content (AvgIpc) is 2.94. The number of fused-ring (bicyclic) bond motifs is 1. The summed E-state index contributed by atoms with van der Waals surface area (Å²) >= 11 is 0. The molecule has 26 heavy (non-hydrogen) atoms. The Balaban J connectivity index is 1.86. The summed E-state index contributed by atoms with van der Waals surface area (Å²) in [6.07, 6.45) is 1.27. The van der Waals surface area contributed by atoms with Crippen LogP contribution in [0, 0.1) is 0 Å². The molecular formula is C18H22N2O4S2. The molecule has 0 bridgehead atoms. The Morgan fingerprint density at radius 1 is 0.962 bits per heavy atom. The van der Waals surface area contributed by atoms with Crippen molar-refractivity contribution in [2.24, 2.45) is 5.14 Å². The summed E-state index contributed by atoms with van der Waals surface area (Å²) in [5, 5.41) is 4.73. The van der Waals surface area contributed by atoms with Gasteiger partial charge in [0.25, 0.3) is 0 Å². The van der Waals surface area contributed by atoms with Crippen LogP contribution in [0.3, 0.4) is 0 Å². The minimum Gasteiger partial charge on any atom is -0.225 e. The zero-order chi connectivity index (χ0) is 19.1. The maximum absolute atomic E-state index is 12.1. The van der Waals surface area contributed by atoms with Crippen molar-refractivity contribution in [3.63, 3.8) is 0 Å². The smallest absolute Gasteiger partial charge is 0.225 e. The summed E-state index contributed by atoms with van der Waals surface area (Å²) in [5.41, 5.74) is 3.81. The largest absolute Gasteiger partial charge is 0.238 e. The van der Waals surface area contributed by atoms with Crippen LogP contribution in [0.2, 0.25) is 0 Å². The molecule has 3 rings (SSSR count). The van der Waals surface area contributed by atoms with Crippen molar-refractivity contribution in [2.75, 3.05) is 0 Å². The summed E-state index contributed by atoms with van der Waals surface area (Å²) in [4.78, 5) is 0.0677. The number of sulfonamides is 2. The number of rotatable bonds is 5. The molecule has 140 valence electrons. The quantitative estimate of drug-likeness (QED) is 0.806. The number of benzene rings is 2. The van der Waals surface area contributed by atoms with Crippen molar-refractivity contribution < 1.29 is 16.8 Å². The van der Waals surface area contributed by atoms with E-state index in [-0.39, 0.29) is 10.9 Å². The maximum Gasteiger partial charge on any atom is 0.238 e. The number of primary sulfonamides is 1. The van der Waals surface area contributed by atoms with Crippen LogP contribution in [0.5, 0.6) is 0 Å². The van der Waals surface area contributed by atoms with Crippen molar-refractivity contribution in [1.82, 2.24) is 4.72 Å². The minimum absolute atomic E-state index is 0.0677. The first kappa shape index (κ1) is 19.0. The van der Waals surface area contributed by atoms with Gasteiger partial charge in [0.2, 0.25) is 20.0 Å². The molecule has 2 aromatic rings. The Morgan fingerprint density at radius 2 is 1.62 bits per heavy atom. The number of nitrogens with two attached hydrogens (primary N) is 1. The molecule has 0 aromatic heterocycles. The average molecular weight is 395 g/mol. The lowest BCUT2D eigenvalue weighted by molar-refractivity contribution is 0.547. The standard InChI is InChI=1S/C18H22N2O4S2/c1-12(2)26(23,24)20-17-9-15-7-6-14(8-16(15)10-17)13-4-3-5-18(11-13)25(19,21)22/h3-8,11-12,17,20H,9-10H2,1-2H3,(H2,19,21,22).